The lowest BCUT2D eigenvalue weighted by atomic mass is 9.96. The zero-order valence-electron chi connectivity index (χ0n) is 11.5. The minimum absolute atomic E-state index is 0.00112. The lowest BCUT2D eigenvalue weighted by molar-refractivity contribution is -0.121. The van der Waals surface area contributed by atoms with Gasteiger partial charge in [-0.15, -0.1) is 0 Å². The van der Waals surface area contributed by atoms with Gasteiger partial charge >= 0.3 is 0 Å². The highest BCUT2D eigenvalue weighted by Crippen LogP contribution is 2.41. The molecule has 2 aliphatic rings. The second-order valence-corrected chi connectivity index (χ2v) is 6.05. The molecule has 21 heavy (non-hydrogen) atoms. The van der Waals surface area contributed by atoms with Crippen molar-refractivity contribution >= 4 is 29.1 Å². The van der Waals surface area contributed by atoms with Crippen molar-refractivity contribution in [2.24, 2.45) is 17.6 Å². The number of amides is 2. The fourth-order valence-corrected chi connectivity index (χ4v) is 3.01. The van der Waals surface area contributed by atoms with Crippen molar-refractivity contribution in [1.29, 1.82) is 0 Å². The molecule has 0 radical (unpaired) electrons. The molecule has 2 atom stereocenters. The first-order valence-corrected chi connectivity index (χ1v) is 7.46. The largest absolute Gasteiger partial charge is 0.377 e. The van der Waals surface area contributed by atoms with E-state index in [1.807, 2.05) is 0 Å². The van der Waals surface area contributed by atoms with E-state index in [-0.39, 0.29) is 23.5 Å². The van der Waals surface area contributed by atoms with E-state index in [9.17, 15) is 9.59 Å². The molecule has 1 aromatic carbocycles. The molecule has 5 nitrogen and oxygen atoms in total. The molecule has 1 saturated carbocycles. The maximum Gasteiger partial charge on any atom is 0.250 e. The van der Waals surface area contributed by atoms with Crippen LogP contribution in [-0.2, 0) is 9.53 Å². The number of carbonyl (C=O) groups excluding carboxylic acids is 2. The average molecular weight is 309 g/mol. The molecular formula is C15H17ClN2O3. The maximum atomic E-state index is 12.5. The molecule has 1 aromatic rings. The standard InChI is InChI=1S/C15H17ClN2O3/c16-9-3-4-10(14(17)19)12(7-9)18-15(20)11-5-6-21-13(11)8-1-2-8/h3-4,7-8,11,13H,1-2,5-6H2,(H2,17,19)(H,18,20)/t11-,13+/m1/s1. The number of carbonyl (C=O) groups is 2. The normalized spacial score (nSPS) is 24.8. The van der Waals surface area contributed by atoms with E-state index in [1.54, 1.807) is 12.1 Å². The van der Waals surface area contributed by atoms with Gasteiger partial charge in [0.15, 0.2) is 0 Å². The van der Waals surface area contributed by atoms with Gasteiger partial charge < -0.3 is 15.8 Å². The summed E-state index contributed by atoms with van der Waals surface area (Å²) in [6, 6.07) is 4.63. The molecular weight excluding hydrogens is 292 g/mol. The molecule has 1 saturated heterocycles. The summed E-state index contributed by atoms with van der Waals surface area (Å²) in [5.74, 6) is -0.395. The summed E-state index contributed by atoms with van der Waals surface area (Å²) in [6.07, 6.45) is 2.96. The SMILES string of the molecule is NC(=O)c1ccc(Cl)cc1NC(=O)[C@@H]1CCO[C@H]1C1CC1. The third-order valence-electron chi connectivity index (χ3n) is 4.06. The number of nitrogens with one attached hydrogen (secondary N) is 1. The molecule has 2 fully saturated rings. The Morgan fingerprint density at radius 2 is 2.05 bits per heavy atom. The first-order valence-electron chi connectivity index (χ1n) is 7.08. The topological polar surface area (TPSA) is 81.4 Å². The lowest BCUT2D eigenvalue weighted by Gasteiger charge is -2.18. The van der Waals surface area contributed by atoms with Gasteiger partial charge in [-0.2, -0.15) is 0 Å². The first-order chi connectivity index (χ1) is 10.1. The second-order valence-electron chi connectivity index (χ2n) is 5.61. The van der Waals surface area contributed by atoms with Crippen LogP contribution in [0.5, 0.6) is 0 Å². The lowest BCUT2D eigenvalue weighted by Crippen LogP contribution is -2.31. The smallest absolute Gasteiger partial charge is 0.250 e. The Morgan fingerprint density at radius 3 is 2.71 bits per heavy atom. The Balaban J connectivity index is 1.78. The number of benzene rings is 1. The fraction of sp³-hybridized carbons (Fsp3) is 0.467. The number of primary amides is 1. The molecule has 0 aromatic heterocycles. The molecule has 0 unspecified atom stereocenters. The predicted molar refractivity (Wildman–Crippen MR) is 79.2 cm³/mol. The van der Waals surface area contributed by atoms with Crippen LogP contribution in [0.1, 0.15) is 29.6 Å². The minimum atomic E-state index is -0.594. The second kappa shape index (κ2) is 5.66. The highest BCUT2D eigenvalue weighted by atomic mass is 35.5. The predicted octanol–water partition coefficient (Wildman–Crippen LogP) is 2.19. The summed E-state index contributed by atoms with van der Waals surface area (Å²) in [5, 5.41) is 3.22. The van der Waals surface area contributed by atoms with Gasteiger partial charge in [0.2, 0.25) is 5.91 Å². The van der Waals surface area contributed by atoms with E-state index < -0.39 is 5.91 Å². The van der Waals surface area contributed by atoms with Crippen LogP contribution < -0.4 is 11.1 Å². The van der Waals surface area contributed by atoms with Gasteiger partial charge in [-0.05, 0) is 43.4 Å². The summed E-state index contributed by atoms with van der Waals surface area (Å²) in [7, 11) is 0. The van der Waals surface area contributed by atoms with Crippen LogP contribution >= 0.6 is 11.6 Å². The third-order valence-corrected chi connectivity index (χ3v) is 4.30. The highest BCUT2D eigenvalue weighted by Gasteiger charge is 2.43. The molecule has 2 amide bonds. The summed E-state index contributed by atoms with van der Waals surface area (Å²) in [6.45, 7) is 0.609. The van der Waals surface area contributed by atoms with Gasteiger partial charge in [-0.25, -0.2) is 0 Å². The van der Waals surface area contributed by atoms with Crippen LogP contribution in [0.25, 0.3) is 0 Å². The van der Waals surface area contributed by atoms with Crippen LogP contribution in [-0.4, -0.2) is 24.5 Å². The Bertz CT molecular complexity index is 586. The van der Waals surface area contributed by atoms with Gasteiger partial charge in [-0.3, -0.25) is 9.59 Å². The summed E-state index contributed by atoms with van der Waals surface area (Å²) in [5.41, 5.74) is 5.94. The monoisotopic (exact) mass is 308 g/mol. The van der Waals surface area contributed by atoms with Crippen molar-refractivity contribution in [2.45, 2.75) is 25.4 Å². The molecule has 1 heterocycles. The van der Waals surface area contributed by atoms with Crippen molar-refractivity contribution in [3.8, 4) is 0 Å². The Morgan fingerprint density at radius 1 is 1.29 bits per heavy atom. The van der Waals surface area contributed by atoms with E-state index in [4.69, 9.17) is 22.1 Å². The molecule has 1 aliphatic carbocycles. The fourth-order valence-electron chi connectivity index (χ4n) is 2.84. The zero-order chi connectivity index (χ0) is 15.0. The molecule has 1 aliphatic heterocycles. The van der Waals surface area contributed by atoms with Crippen LogP contribution in [0, 0.1) is 11.8 Å². The maximum absolute atomic E-state index is 12.5. The minimum Gasteiger partial charge on any atom is -0.377 e. The van der Waals surface area contributed by atoms with Crippen molar-refractivity contribution in [3.05, 3.63) is 28.8 Å². The highest BCUT2D eigenvalue weighted by molar-refractivity contribution is 6.31. The van der Waals surface area contributed by atoms with Crippen molar-refractivity contribution in [3.63, 3.8) is 0 Å². The average Bonchev–Trinajstić information content (AvgIpc) is 3.15. The molecule has 3 N–H and O–H groups in total. The zero-order valence-corrected chi connectivity index (χ0v) is 12.2. The molecule has 0 bridgehead atoms. The van der Waals surface area contributed by atoms with Crippen LogP contribution in [0.15, 0.2) is 18.2 Å². The number of nitrogens with two attached hydrogens (primary N) is 1. The number of hydrogen-bond acceptors (Lipinski definition) is 3. The summed E-state index contributed by atoms with van der Waals surface area (Å²) in [4.78, 5) is 23.9. The molecule has 112 valence electrons. The van der Waals surface area contributed by atoms with E-state index >= 15 is 0 Å². The number of rotatable bonds is 4. The van der Waals surface area contributed by atoms with Crippen LogP contribution in [0.4, 0.5) is 5.69 Å². The summed E-state index contributed by atoms with van der Waals surface area (Å²) >= 11 is 5.93. The molecule has 0 spiro atoms. The Hall–Kier alpha value is -1.59. The quantitative estimate of drug-likeness (QED) is 0.894. The number of halogens is 1. The van der Waals surface area contributed by atoms with Crippen molar-refractivity contribution in [2.75, 3.05) is 11.9 Å². The van der Waals surface area contributed by atoms with E-state index in [2.05, 4.69) is 5.32 Å². The number of anilines is 1. The van der Waals surface area contributed by atoms with Crippen molar-refractivity contribution in [1.82, 2.24) is 0 Å². The van der Waals surface area contributed by atoms with Gasteiger partial charge in [-0.1, -0.05) is 11.6 Å². The Kier molecular flexibility index (Phi) is 3.87. The number of hydrogen-bond donors (Lipinski definition) is 2. The third kappa shape index (κ3) is 3.04. The molecule has 3 rings (SSSR count). The van der Waals surface area contributed by atoms with E-state index in [1.165, 1.54) is 6.07 Å². The van der Waals surface area contributed by atoms with E-state index in [0.717, 1.165) is 12.8 Å². The first kappa shape index (κ1) is 14.4. The van der Waals surface area contributed by atoms with Gasteiger partial charge in [0.05, 0.1) is 23.3 Å². The summed E-state index contributed by atoms with van der Waals surface area (Å²) < 4.78 is 5.67. The van der Waals surface area contributed by atoms with E-state index in [0.29, 0.717) is 29.7 Å². The van der Waals surface area contributed by atoms with Crippen LogP contribution in [0.2, 0.25) is 5.02 Å². The number of ether oxygens (including phenoxy) is 1. The van der Waals surface area contributed by atoms with Gasteiger partial charge in [0.1, 0.15) is 0 Å². The van der Waals surface area contributed by atoms with Crippen LogP contribution in [0.3, 0.4) is 0 Å². The molecule has 6 heteroatoms. The van der Waals surface area contributed by atoms with Crippen molar-refractivity contribution < 1.29 is 14.3 Å². The Labute approximate surface area is 127 Å². The van der Waals surface area contributed by atoms with Gasteiger partial charge in [0.25, 0.3) is 5.91 Å². The van der Waals surface area contributed by atoms with Gasteiger partial charge in [0, 0.05) is 11.6 Å².